The molecule has 28 heavy (non-hydrogen) atoms. The average molecular weight is 406 g/mol. The molecule has 9 heteroatoms. The van der Waals surface area contributed by atoms with Gasteiger partial charge in [-0.05, 0) is 42.9 Å². The van der Waals surface area contributed by atoms with Crippen molar-refractivity contribution in [3.8, 4) is 0 Å². The van der Waals surface area contributed by atoms with Crippen molar-refractivity contribution in [2.75, 3.05) is 11.9 Å². The molecule has 148 valence electrons. The molecule has 0 saturated carbocycles. The fourth-order valence-electron chi connectivity index (χ4n) is 3.16. The molecule has 1 aliphatic rings. The van der Waals surface area contributed by atoms with E-state index in [0.29, 0.717) is 10.8 Å². The highest BCUT2D eigenvalue weighted by Gasteiger charge is 2.23. The summed E-state index contributed by atoms with van der Waals surface area (Å²) in [6.07, 6.45) is 4.10. The van der Waals surface area contributed by atoms with Gasteiger partial charge in [-0.3, -0.25) is 14.9 Å². The summed E-state index contributed by atoms with van der Waals surface area (Å²) in [6.45, 7) is 1.54. The summed E-state index contributed by atoms with van der Waals surface area (Å²) in [5.74, 6) is -1.58. The molecule has 0 saturated heterocycles. The lowest BCUT2D eigenvalue weighted by molar-refractivity contribution is -0.384. The van der Waals surface area contributed by atoms with Crippen molar-refractivity contribution in [1.82, 2.24) is 0 Å². The van der Waals surface area contributed by atoms with Crippen LogP contribution < -0.4 is 5.32 Å². The first-order chi connectivity index (χ1) is 13.4. The highest BCUT2D eigenvalue weighted by molar-refractivity contribution is 7.14. The van der Waals surface area contributed by atoms with Crippen LogP contribution in [0.4, 0.5) is 15.8 Å². The molecule has 7 nitrogen and oxygen atoms in total. The van der Waals surface area contributed by atoms with Crippen LogP contribution in [0.1, 0.15) is 39.9 Å². The fourth-order valence-corrected chi connectivity index (χ4v) is 4.26. The Kier molecular flexibility index (Phi) is 6.03. The predicted octanol–water partition coefficient (Wildman–Crippen LogP) is 4.11. The third-order valence-corrected chi connectivity index (χ3v) is 5.95. The van der Waals surface area contributed by atoms with Gasteiger partial charge in [-0.25, -0.2) is 9.18 Å². The number of nitro groups is 1. The summed E-state index contributed by atoms with van der Waals surface area (Å²) >= 11 is 1.38. The zero-order valence-electron chi connectivity index (χ0n) is 15.2. The summed E-state index contributed by atoms with van der Waals surface area (Å²) < 4.78 is 18.7. The summed E-state index contributed by atoms with van der Waals surface area (Å²) in [6, 6.07) is 4.61. The topological polar surface area (TPSA) is 98.5 Å². The van der Waals surface area contributed by atoms with E-state index in [4.69, 9.17) is 4.74 Å². The number of non-ortho nitro benzene ring substituents is 1. The minimum Gasteiger partial charge on any atom is -0.451 e. The lowest BCUT2D eigenvalue weighted by atomic mass is 9.87. The molecular weight excluding hydrogens is 387 g/mol. The van der Waals surface area contributed by atoms with Crippen molar-refractivity contribution in [2.24, 2.45) is 5.92 Å². The summed E-state index contributed by atoms with van der Waals surface area (Å²) in [5, 5.41) is 12.9. The molecule has 0 unspecified atom stereocenters. The number of nitrogens with one attached hydrogen (secondary N) is 1. The molecule has 0 fully saturated rings. The number of esters is 1. The Labute approximate surface area is 164 Å². The molecule has 1 aromatic heterocycles. The third kappa shape index (κ3) is 4.53. The lowest BCUT2D eigenvalue weighted by Crippen LogP contribution is -2.21. The predicted molar refractivity (Wildman–Crippen MR) is 102 cm³/mol. The van der Waals surface area contributed by atoms with Crippen LogP contribution in [0.5, 0.6) is 0 Å². The van der Waals surface area contributed by atoms with Crippen LogP contribution in [0, 0.1) is 21.8 Å². The van der Waals surface area contributed by atoms with Crippen LogP contribution >= 0.6 is 11.3 Å². The van der Waals surface area contributed by atoms with Gasteiger partial charge in [0, 0.05) is 17.0 Å². The van der Waals surface area contributed by atoms with E-state index in [-0.39, 0.29) is 11.4 Å². The van der Waals surface area contributed by atoms with Crippen molar-refractivity contribution in [1.29, 1.82) is 0 Å². The maximum absolute atomic E-state index is 13.7. The van der Waals surface area contributed by atoms with Crippen molar-refractivity contribution in [3.05, 3.63) is 55.5 Å². The highest BCUT2D eigenvalue weighted by atomic mass is 32.1. The van der Waals surface area contributed by atoms with Gasteiger partial charge in [-0.15, -0.1) is 11.3 Å². The number of halogens is 1. The highest BCUT2D eigenvalue weighted by Crippen LogP contribution is 2.33. The summed E-state index contributed by atoms with van der Waals surface area (Å²) in [7, 11) is 0. The minimum absolute atomic E-state index is 0.340. The number of aryl methyl sites for hydroxylation is 1. The smallest absolute Gasteiger partial charge is 0.348 e. The number of rotatable bonds is 6. The maximum Gasteiger partial charge on any atom is 0.348 e. The number of benzene rings is 1. The number of thiophene rings is 1. The van der Waals surface area contributed by atoms with E-state index in [1.807, 2.05) is 6.07 Å². The monoisotopic (exact) mass is 406 g/mol. The van der Waals surface area contributed by atoms with E-state index in [9.17, 15) is 24.1 Å². The van der Waals surface area contributed by atoms with E-state index in [1.54, 1.807) is 0 Å². The summed E-state index contributed by atoms with van der Waals surface area (Å²) in [4.78, 5) is 35.8. The van der Waals surface area contributed by atoms with Gasteiger partial charge in [0.05, 0.1) is 10.6 Å². The lowest BCUT2D eigenvalue weighted by Gasteiger charge is -2.19. The molecular formula is C19H19FN2O5S. The van der Waals surface area contributed by atoms with Crippen LogP contribution in [0.25, 0.3) is 0 Å². The Morgan fingerprint density at radius 2 is 2.18 bits per heavy atom. The number of nitrogens with zero attached hydrogens (tertiary/aromatic N) is 1. The van der Waals surface area contributed by atoms with Crippen LogP contribution in [0.15, 0.2) is 24.3 Å². The second-order valence-electron chi connectivity index (χ2n) is 6.62. The minimum atomic E-state index is -0.818. The Balaban J connectivity index is 1.58. The van der Waals surface area contributed by atoms with Crippen LogP contribution in [0.2, 0.25) is 0 Å². The largest absolute Gasteiger partial charge is 0.451 e. The quantitative estimate of drug-likeness (QED) is 0.442. The molecule has 0 radical (unpaired) electrons. The number of carbonyl (C=O) groups is 2. The third-order valence-electron chi connectivity index (χ3n) is 4.73. The van der Waals surface area contributed by atoms with Gasteiger partial charge in [-0.1, -0.05) is 13.3 Å². The van der Waals surface area contributed by atoms with Gasteiger partial charge < -0.3 is 10.1 Å². The van der Waals surface area contributed by atoms with E-state index in [1.165, 1.54) is 16.2 Å². The fraction of sp³-hybridized carbons (Fsp3) is 0.368. The first kappa shape index (κ1) is 19.9. The van der Waals surface area contributed by atoms with Crippen molar-refractivity contribution < 1.29 is 23.6 Å². The van der Waals surface area contributed by atoms with Crippen molar-refractivity contribution in [3.63, 3.8) is 0 Å². The number of fused-ring (bicyclic) bond motifs is 1. The molecule has 1 aliphatic carbocycles. The number of anilines is 1. The normalized spacial score (nSPS) is 15.6. The Bertz CT molecular complexity index is 927. The van der Waals surface area contributed by atoms with Crippen molar-refractivity contribution >= 4 is 34.6 Å². The standard InChI is InChI=1S/C19H19FN2O5S/c1-2-11-3-6-16-12(7-11)8-17(28-16)19(24)27-10-18(23)21-15-9-13(22(25)26)4-5-14(15)20/h4-5,8-9,11H,2-3,6-7,10H2,1H3,(H,21,23)/t11-/m0/s1. The number of amides is 1. The van der Waals surface area contributed by atoms with Gasteiger partial charge in [0.25, 0.3) is 11.6 Å². The van der Waals surface area contributed by atoms with E-state index in [2.05, 4.69) is 12.2 Å². The number of carbonyl (C=O) groups excluding carboxylic acids is 2. The number of hydrogen-bond donors (Lipinski definition) is 1. The molecule has 0 bridgehead atoms. The number of ether oxygens (including phenoxy) is 1. The SMILES string of the molecule is CC[C@H]1CCc2sc(C(=O)OCC(=O)Nc3cc([N+](=O)[O-])ccc3F)cc2C1. The van der Waals surface area contributed by atoms with Crippen LogP contribution in [0.3, 0.4) is 0 Å². The molecule has 2 aromatic rings. The van der Waals surface area contributed by atoms with Gasteiger partial charge in [0.1, 0.15) is 10.7 Å². The van der Waals surface area contributed by atoms with Gasteiger partial charge in [0.15, 0.2) is 6.61 Å². The zero-order valence-corrected chi connectivity index (χ0v) is 16.0. The molecule has 0 aliphatic heterocycles. The van der Waals surface area contributed by atoms with Gasteiger partial charge in [-0.2, -0.15) is 0 Å². The first-order valence-corrected chi connectivity index (χ1v) is 9.71. The van der Waals surface area contributed by atoms with E-state index >= 15 is 0 Å². The average Bonchev–Trinajstić information content (AvgIpc) is 3.10. The Morgan fingerprint density at radius 3 is 2.89 bits per heavy atom. The molecule has 0 spiro atoms. The molecule has 1 N–H and O–H groups in total. The Hall–Kier alpha value is -2.81. The maximum atomic E-state index is 13.7. The molecule has 1 heterocycles. The Morgan fingerprint density at radius 1 is 1.39 bits per heavy atom. The molecule has 3 rings (SSSR count). The zero-order chi connectivity index (χ0) is 20.3. The van der Waals surface area contributed by atoms with E-state index in [0.717, 1.165) is 49.4 Å². The van der Waals surface area contributed by atoms with Crippen LogP contribution in [-0.2, 0) is 22.4 Å². The number of nitro benzene ring substituents is 1. The summed E-state index contributed by atoms with van der Waals surface area (Å²) in [5.41, 5.74) is 0.467. The molecule has 1 atom stereocenters. The van der Waals surface area contributed by atoms with Crippen molar-refractivity contribution in [2.45, 2.75) is 32.6 Å². The molecule has 1 aromatic carbocycles. The first-order valence-electron chi connectivity index (χ1n) is 8.89. The number of hydrogen-bond acceptors (Lipinski definition) is 6. The molecule has 1 amide bonds. The van der Waals surface area contributed by atoms with Gasteiger partial charge in [0.2, 0.25) is 0 Å². The second kappa shape index (κ2) is 8.47. The van der Waals surface area contributed by atoms with Crippen LogP contribution in [-0.4, -0.2) is 23.4 Å². The second-order valence-corrected chi connectivity index (χ2v) is 7.76. The van der Waals surface area contributed by atoms with Gasteiger partial charge >= 0.3 is 5.97 Å². The van der Waals surface area contributed by atoms with E-state index < -0.39 is 29.2 Å².